The van der Waals surface area contributed by atoms with Crippen molar-refractivity contribution in [1.29, 1.82) is 0 Å². The number of hydrogen-bond acceptors (Lipinski definition) is 5. The van der Waals surface area contributed by atoms with Crippen LogP contribution in [0.4, 0.5) is 0 Å². The maximum absolute atomic E-state index is 12.2. The molecule has 1 amide bonds. The van der Waals surface area contributed by atoms with Gasteiger partial charge in [-0.05, 0) is 31.4 Å². The van der Waals surface area contributed by atoms with E-state index >= 15 is 0 Å². The molecule has 0 saturated carbocycles. The lowest BCUT2D eigenvalue weighted by Crippen LogP contribution is -2.26. The molecule has 0 bridgehead atoms. The van der Waals surface area contributed by atoms with Crippen LogP contribution in [0.3, 0.4) is 0 Å². The lowest BCUT2D eigenvalue weighted by molar-refractivity contribution is 0.0930. The summed E-state index contributed by atoms with van der Waals surface area (Å²) in [4.78, 5) is 20.1. The number of benzene rings is 1. The van der Waals surface area contributed by atoms with Crippen molar-refractivity contribution in [1.82, 2.24) is 30.3 Å². The zero-order chi connectivity index (χ0) is 17.9. The molecule has 8 nitrogen and oxygen atoms in total. The van der Waals surface area contributed by atoms with Gasteiger partial charge in [0, 0.05) is 19.6 Å². The summed E-state index contributed by atoms with van der Waals surface area (Å²) in [7, 11) is 0. The molecular formula is C18H22N6O2. The van der Waals surface area contributed by atoms with E-state index in [2.05, 4.69) is 25.6 Å². The normalized spacial score (nSPS) is 17.0. The summed E-state index contributed by atoms with van der Waals surface area (Å²) in [5.74, 6) is 0.632. The number of carbonyl (C=O) groups is 1. The lowest BCUT2D eigenvalue weighted by Gasteiger charge is -2.07. The Bertz CT molecular complexity index is 909. The van der Waals surface area contributed by atoms with Crippen LogP contribution in [-0.2, 0) is 17.7 Å². The first-order chi connectivity index (χ1) is 12.7. The number of aromatic amines is 1. The van der Waals surface area contributed by atoms with Gasteiger partial charge < -0.3 is 15.0 Å². The number of ether oxygens (including phenoxy) is 1. The number of nitrogens with one attached hydrogen (secondary N) is 2. The standard InChI is InChI=1S/C18H22N6O2/c1-12-4-2-6-14-17(12)21-16(20-14)7-8-19-18(25)15-11-24(23-22-15)10-13-5-3-9-26-13/h2,4,6,11,13H,3,5,7-10H2,1H3,(H,19,25)(H,20,21). The molecule has 26 heavy (non-hydrogen) atoms. The second-order valence-electron chi connectivity index (χ2n) is 6.62. The molecule has 3 heterocycles. The highest BCUT2D eigenvalue weighted by Gasteiger charge is 2.18. The number of amides is 1. The molecule has 1 saturated heterocycles. The predicted octanol–water partition coefficient (Wildman–Crippen LogP) is 1.61. The lowest BCUT2D eigenvalue weighted by atomic mass is 10.2. The molecule has 0 spiro atoms. The number of hydrogen-bond donors (Lipinski definition) is 2. The third kappa shape index (κ3) is 3.60. The molecule has 0 radical (unpaired) electrons. The van der Waals surface area contributed by atoms with E-state index in [9.17, 15) is 4.79 Å². The molecule has 2 aromatic heterocycles. The Hall–Kier alpha value is -2.74. The van der Waals surface area contributed by atoms with Gasteiger partial charge in [-0.2, -0.15) is 0 Å². The zero-order valence-corrected chi connectivity index (χ0v) is 14.7. The summed E-state index contributed by atoms with van der Waals surface area (Å²) in [6.07, 6.45) is 4.57. The number of nitrogens with zero attached hydrogens (tertiary/aromatic N) is 4. The summed E-state index contributed by atoms with van der Waals surface area (Å²) < 4.78 is 7.25. The van der Waals surface area contributed by atoms with Crippen molar-refractivity contribution < 1.29 is 9.53 Å². The maximum atomic E-state index is 12.2. The van der Waals surface area contributed by atoms with Gasteiger partial charge in [0.2, 0.25) is 0 Å². The van der Waals surface area contributed by atoms with Crippen LogP contribution >= 0.6 is 0 Å². The van der Waals surface area contributed by atoms with Crippen molar-refractivity contribution in [2.75, 3.05) is 13.2 Å². The van der Waals surface area contributed by atoms with Crippen LogP contribution in [0.15, 0.2) is 24.4 Å². The van der Waals surface area contributed by atoms with Crippen molar-refractivity contribution in [2.24, 2.45) is 0 Å². The van der Waals surface area contributed by atoms with Gasteiger partial charge in [0.1, 0.15) is 5.82 Å². The predicted molar refractivity (Wildman–Crippen MR) is 95.9 cm³/mol. The quantitative estimate of drug-likeness (QED) is 0.701. The van der Waals surface area contributed by atoms with Crippen LogP contribution in [0.5, 0.6) is 0 Å². The van der Waals surface area contributed by atoms with Gasteiger partial charge in [0.15, 0.2) is 5.69 Å². The average Bonchev–Trinajstić information content (AvgIpc) is 3.36. The maximum Gasteiger partial charge on any atom is 0.273 e. The largest absolute Gasteiger partial charge is 0.376 e. The van der Waals surface area contributed by atoms with E-state index in [0.29, 0.717) is 25.2 Å². The van der Waals surface area contributed by atoms with Gasteiger partial charge in [-0.15, -0.1) is 5.10 Å². The summed E-state index contributed by atoms with van der Waals surface area (Å²) >= 11 is 0. The average molecular weight is 354 g/mol. The molecule has 136 valence electrons. The number of para-hydroxylation sites is 1. The van der Waals surface area contributed by atoms with Gasteiger partial charge >= 0.3 is 0 Å². The van der Waals surface area contributed by atoms with Crippen molar-refractivity contribution >= 4 is 16.9 Å². The first-order valence-electron chi connectivity index (χ1n) is 8.93. The molecule has 3 aromatic rings. The Kier molecular flexibility index (Phi) is 4.66. The number of fused-ring (bicyclic) bond motifs is 1. The van der Waals surface area contributed by atoms with E-state index in [-0.39, 0.29) is 12.0 Å². The van der Waals surface area contributed by atoms with Crippen LogP contribution in [-0.4, -0.2) is 50.1 Å². The van der Waals surface area contributed by atoms with Gasteiger partial charge in [-0.25, -0.2) is 9.67 Å². The Balaban J connectivity index is 1.30. The summed E-state index contributed by atoms with van der Waals surface area (Å²) in [6, 6.07) is 6.04. The summed E-state index contributed by atoms with van der Waals surface area (Å²) in [5, 5.41) is 10.8. The number of aromatic nitrogens is 5. The number of carbonyl (C=O) groups excluding carboxylic acids is 1. The highest BCUT2D eigenvalue weighted by atomic mass is 16.5. The molecule has 1 fully saturated rings. The second-order valence-corrected chi connectivity index (χ2v) is 6.62. The second kappa shape index (κ2) is 7.25. The van der Waals surface area contributed by atoms with Crippen molar-refractivity contribution in [2.45, 2.75) is 38.8 Å². The Morgan fingerprint density at radius 3 is 3.19 bits per heavy atom. The summed E-state index contributed by atoms with van der Waals surface area (Å²) in [6.45, 7) is 3.96. The Labute approximate surface area is 150 Å². The fourth-order valence-electron chi connectivity index (χ4n) is 3.22. The molecule has 1 aliphatic rings. The number of aryl methyl sites for hydroxylation is 1. The van der Waals surface area contributed by atoms with Crippen molar-refractivity contribution in [3.63, 3.8) is 0 Å². The summed E-state index contributed by atoms with van der Waals surface area (Å²) in [5.41, 5.74) is 3.45. The molecule has 1 aliphatic heterocycles. The zero-order valence-electron chi connectivity index (χ0n) is 14.7. The van der Waals surface area contributed by atoms with Crippen LogP contribution in [0.1, 0.15) is 34.7 Å². The van der Waals surface area contributed by atoms with E-state index in [1.54, 1.807) is 10.9 Å². The van der Waals surface area contributed by atoms with E-state index in [1.165, 1.54) is 0 Å². The van der Waals surface area contributed by atoms with Crippen LogP contribution < -0.4 is 5.32 Å². The molecule has 1 atom stereocenters. The van der Waals surface area contributed by atoms with Crippen LogP contribution in [0.2, 0.25) is 0 Å². The van der Waals surface area contributed by atoms with Crippen LogP contribution in [0, 0.1) is 6.92 Å². The third-order valence-electron chi connectivity index (χ3n) is 4.60. The monoisotopic (exact) mass is 354 g/mol. The van der Waals surface area contributed by atoms with Gasteiger partial charge in [0.25, 0.3) is 5.91 Å². The molecule has 1 unspecified atom stereocenters. The molecular weight excluding hydrogens is 332 g/mol. The first kappa shape index (κ1) is 16.7. The highest BCUT2D eigenvalue weighted by molar-refractivity contribution is 5.91. The Morgan fingerprint density at radius 1 is 1.46 bits per heavy atom. The molecule has 0 aliphatic carbocycles. The van der Waals surface area contributed by atoms with E-state index < -0.39 is 0 Å². The molecule has 2 N–H and O–H groups in total. The minimum Gasteiger partial charge on any atom is -0.376 e. The molecule has 8 heteroatoms. The van der Waals surface area contributed by atoms with E-state index in [0.717, 1.165) is 41.9 Å². The highest BCUT2D eigenvalue weighted by Crippen LogP contribution is 2.15. The van der Waals surface area contributed by atoms with E-state index in [4.69, 9.17) is 4.74 Å². The minimum atomic E-state index is -0.226. The SMILES string of the molecule is Cc1cccc2[nH]c(CCNC(=O)c3cn(CC4CCCO4)nn3)nc12. The van der Waals surface area contributed by atoms with E-state index in [1.807, 2.05) is 25.1 Å². The number of H-pyrrole nitrogens is 1. The van der Waals surface area contributed by atoms with Gasteiger partial charge in [-0.1, -0.05) is 17.3 Å². The van der Waals surface area contributed by atoms with Gasteiger partial charge in [-0.3, -0.25) is 4.79 Å². The fourth-order valence-corrected chi connectivity index (χ4v) is 3.22. The molecule has 1 aromatic carbocycles. The number of rotatable bonds is 6. The molecule has 4 rings (SSSR count). The number of imidazole rings is 1. The van der Waals surface area contributed by atoms with Crippen LogP contribution in [0.25, 0.3) is 11.0 Å². The topological polar surface area (TPSA) is 97.7 Å². The van der Waals surface area contributed by atoms with Crippen molar-refractivity contribution in [3.8, 4) is 0 Å². The van der Waals surface area contributed by atoms with Gasteiger partial charge in [0.05, 0.1) is 29.9 Å². The smallest absolute Gasteiger partial charge is 0.273 e. The first-order valence-corrected chi connectivity index (χ1v) is 8.93. The fraction of sp³-hybridized carbons (Fsp3) is 0.444. The Morgan fingerprint density at radius 2 is 2.38 bits per heavy atom. The van der Waals surface area contributed by atoms with Crippen molar-refractivity contribution in [3.05, 3.63) is 41.5 Å². The third-order valence-corrected chi connectivity index (χ3v) is 4.60. The minimum absolute atomic E-state index is 0.171.